The van der Waals surface area contributed by atoms with Crippen molar-refractivity contribution in [1.29, 1.82) is 0 Å². The summed E-state index contributed by atoms with van der Waals surface area (Å²) in [6.45, 7) is 16.2. The molecule has 1 spiro atoms. The van der Waals surface area contributed by atoms with E-state index in [9.17, 15) is 4.79 Å². The molecule has 2 aromatic rings. The lowest BCUT2D eigenvalue weighted by atomic mass is 9.74. The third kappa shape index (κ3) is 7.23. The van der Waals surface area contributed by atoms with E-state index in [4.69, 9.17) is 16.3 Å². The molecule has 2 aliphatic rings. The zero-order chi connectivity index (χ0) is 26.3. The molecule has 0 radical (unpaired) electrons. The summed E-state index contributed by atoms with van der Waals surface area (Å²) < 4.78 is 6.20. The average molecular weight is 510 g/mol. The monoisotopic (exact) mass is 509 g/mol. The first-order valence-corrected chi connectivity index (χ1v) is 14.0. The quantitative estimate of drug-likeness (QED) is 0.352. The molecule has 0 atom stereocenters. The Hall–Kier alpha value is -2.10. The zero-order valence-electron chi connectivity index (χ0n) is 23.1. The van der Waals surface area contributed by atoms with Crippen molar-refractivity contribution in [2.45, 2.75) is 79.1 Å². The van der Waals surface area contributed by atoms with E-state index in [1.807, 2.05) is 19.9 Å². The van der Waals surface area contributed by atoms with Gasteiger partial charge in [-0.3, -0.25) is 4.79 Å². The Bertz CT molecular complexity index is 1060. The van der Waals surface area contributed by atoms with E-state index in [2.05, 4.69) is 75.1 Å². The predicted octanol–water partition coefficient (Wildman–Crippen LogP) is 8.22. The predicted molar refractivity (Wildman–Crippen MR) is 154 cm³/mol. The Morgan fingerprint density at radius 1 is 1.08 bits per heavy atom. The van der Waals surface area contributed by atoms with Crippen LogP contribution in [0.15, 0.2) is 36.4 Å². The normalized spacial score (nSPS) is 17.0. The summed E-state index contributed by atoms with van der Waals surface area (Å²) in [6.07, 6.45) is 8.71. The fraction of sp³-hybridized carbons (Fsp3) is 0.531. The molecule has 1 saturated heterocycles. The zero-order valence-corrected chi connectivity index (χ0v) is 23.9. The first-order valence-electron chi connectivity index (χ1n) is 13.7. The van der Waals surface area contributed by atoms with Crippen LogP contribution in [0, 0.1) is 5.41 Å². The number of carbonyl (C=O) groups is 1. The molecule has 4 rings (SSSR count). The lowest BCUT2D eigenvalue weighted by molar-refractivity contribution is -0.121. The van der Waals surface area contributed by atoms with Crippen molar-refractivity contribution in [3.63, 3.8) is 0 Å². The second kappa shape index (κ2) is 12.4. The Kier molecular flexibility index (Phi) is 9.83. The number of nitrogens with zero attached hydrogens (tertiary/aromatic N) is 1. The SMILES string of the molecule is CC.CCc1ccc(Cl)c(/C=C/c2ccc3c(c2)OCC32CCN(CCC(=O)CC(C)(C)C)CC2)c1. The van der Waals surface area contributed by atoms with Gasteiger partial charge in [0.1, 0.15) is 11.5 Å². The number of Topliss-reactive ketones (excluding diaryl/α,β-unsaturated/α-hetero) is 1. The highest BCUT2D eigenvalue weighted by molar-refractivity contribution is 6.32. The number of ketones is 1. The second-order valence-electron chi connectivity index (χ2n) is 11.2. The van der Waals surface area contributed by atoms with Crippen LogP contribution in [0.2, 0.25) is 5.02 Å². The molecule has 0 saturated carbocycles. The standard InChI is InChI=1S/C30H38ClNO2.C2H6/c1-5-22-8-11-27(31)24(18-22)9-6-23-7-10-26-28(19-23)34-21-30(26)13-16-32(17-14-30)15-12-25(33)20-29(2,3)4;1-2/h6-11,18-19H,5,12-17,20-21H2,1-4H3;1-2H3/b9-6+;. The van der Waals surface area contributed by atoms with E-state index in [0.717, 1.165) is 67.4 Å². The molecule has 0 N–H and O–H groups in total. The van der Waals surface area contributed by atoms with Crippen molar-refractivity contribution in [3.8, 4) is 5.75 Å². The molecule has 1 fully saturated rings. The van der Waals surface area contributed by atoms with Crippen molar-refractivity contribution in [2.24, 2.45) is 5.41 Å². The number of carbonyl (C=O) groups excluding carboxylic acids is 1. The summed E-state index contributed by atoms with van der Waals surface area (Å²) in [4.78, 5) is 14.7. The largest absolute Gasteiger partial charge is 0.492 e. The van der Waals surface area contributed by atoms with Crippen molar-refractivity contribution in [3.05, 3.63) is 63.7 Å². The Balaban J connectivity index is 0.00000176. The van der Waals surface area contributed by atoms with Gasteiger partial charge in [-0.2, -0.15) is 0 Å². The minimum atomic E-state index is 0.0772. The molecular formula is C32H44ClNO2. The molecule has 0 unspecified atom stereocenters. The van der Waals surface area contributed by atoms with Gasteiger partial charge >= 0.3 is 0 Å². The second-order valence-corrected chi connectivity index (χ2v) is 11.6. The van der Waals surface area contributed by atoms with Crippen molar-refractivity contribution < 1.29 is 9.53 Å². The highest BCUT2D eigenvalue weighted by atomic mass is 35.5. The summed E-state index contributed by atoms with van der Waals surface area (Å²) in [5.41, 5.74) is 5.00. The van der Waals surface area contributed by atoms with Crippen LogP contribution in [0.5, 0.6) is 5.75 Å². The van der Waals surface area contributed by atoms with Crippen LogP contribution in [-0.4, -0.2) is 36.9 Å². The molecule has 0 bridgehead atoms. The van der Waals surface area contributed by atoms with Crippen LogP contribution in [0.4, 0.5) is 0 Å². The van der Waals surface area contributed by atoms with Gasteiger partial charge in [0, 0.05) is 35.4 Å². The number of aryl methyl sites for hydroxylation is 1. The number of piperidine rings is 1. The summed E-state index contributed by atoms with van der Waals surface area (Å²) in [7, 11) is 0. The lowest BCUT2D eigenvalue weighted by Gasteiger charge is -2.38. The molecule has 0 amide bonds. The first kappa shape index (κ1) is 28.5. The maximum absolute atomic E-state index is 12.3. The molecule has 2 aliphatic heterocycles. The fourth-order valence-corrected chi connectivity index (χ4v) is 5.38. The number of likely N-dealkylation sites (tertiary alicyclic amines) is 1. The Morgan fingerprint density at radius 2 is 1.81 bits per heavy atom. The van der Waals surface area contributed by atoms with E-state index >= 15 is 0 Å². The molecule has 3 nitrogen and oxygen atoms in total. The molecule has 0 aromatic heterocycles. The maximum atomic E-state index is 12.3. The summed E-state index contributed by atoms with van der Waals surface area (Å²) in [5, 5.41) is 0.775. The van der Waals surface area contributed by atoms with Crippen LogP contribution in [0.25, 0.3) is 12.2 Å². The van der Waals surface area contributed by atoms with Crippen molar-refractivity contribution >= 4 is 29.5 Å². The van der Waals surface area contributed by atoms with Crippen LogP contribution < -0.4 is 4.74 Å². The molecule has 0 aliphatic carbocycles. The van der Waals surface area contributed by atoms with Gasteiger partial charge in [0.15, 0.2) is 0 Å². The molecular weight excluding hydrogens is 466 g/mol. The molecule has 196 valence electrons. The summed E-state index contributed by atoms with van der Waals surface area (Å²) >= 11 is 6.39. The van der Waals surface area contributed by atoms with Crippen LogP contribution in [0.1, 0.15) is 89.5 Å². The maximum Gasteiger partial charge on any atom is 0.134 e. The van der Waals surface area contributed by atoms with Gasteiger partial charge in [-0.05, 0) is 66.6 Å². The minimum absolute atomic E-state index is 0.0772. The molecule has 36 heavy (non-hydrogen) atoms. The van der Waals surface area contributed by atoms with Gasteiger partial charge < -0.3 is 9.64 Å². The van der Waals surface area contributed by atoms with E-state index in [1.165, 1.54) is 11.1 Å². The number of hydrogen-bond acceptors (Lipinski definition) is 3. The number of rotatable bonds is 7. The third-order valence-electron chi connectivity index (χ3n) is 7.25. The minimum Gasteiger partial charge on any atom is -0.492 e. The van der Waals surface area contributed by atoms with Gasteiger partial charge in [-0.25, -0.2) is 0 Å². The smallest absolute Gasteiger partial charge is 0.134 e. The lowest BCUT2D eigenvalue weighted by Crippen LogP contribution is -2.44. The number of ether oxygens (including phenoxy) is 1. The van der Waals surface area contributed by atoms with Gasteiger partial charge in [-0.15, -0.1) is 0 Å². The van der Waals surface area contributed by atoms with Crippen LogP contribution in [-0.2, 0) is 16.6 Å². The third-order valence-corrected chi connectivity index (χ3v) is 7.60. The topological polar surface area (TPSA) is 29.5 Å². The number of hydrogen-bond donors (Lipinski definition) is 0. The highest BCUT2D eigenvalue weighted by Gasteiger charge is 2.42. The van der Waals surface area contributed by atoms with Crippen molar-refractivity contribution in [2.75, 3.05) is 26.2 Å². The van der Waals surface area contributed by atoms with E-state index in [0.29, 0.717) is 18.6 Å². The number of halogens is 1. The number of fused-ring (bicyclic) bond motifs is 2. The first-order chi connectivity index (χ1) is 17.2. The summed E-state index contributed by atoms with van der Waals surface area (Å²) in [5.74, 6) is 1.40. The van der Waals surface area contributed by atoms with Gasteiger partial charge in [0.2, 0.25) is 0 Å². The van der Waals surface area contributed by atoms with Gasteiger partial charge in [-0.1, -0.05) is 89.6 Å². The van der Waals surface area contributed by atoms with Crippen LogP contribution in [0.3, 0.4) is 0 Å². The fourth-order valence-electron chi connectivity index (χ4n) is 5.20. The molecule has 2 aromatic carbocycles. The highest BCUT2D eigenvalue weighted by Crippen LogP contribution is 2.46. The van der Waals surface area contributed by atoms with Gasteiger partial charge in [0.05, 0.1) is 6.61 Å². The van der Waals surface area contributed by atoms with Crippen LogP contribution >= 0.6 is 11.6 Å². The number of benzene rings is 2. The molecule has 2 heterocycles. The van der Waals surface area contributed by atoms with E-state index in [1.54, 1.807) is 0 Å². The van der Waals surface area contributed by atoms with E-state index < -0.39 is 0 Å². The van der Waals surface area contributed by atoms with E-state index in [-0.39, 0.29) is 10.8 Å². The Morgan fingerprint density at radius 3 is 2.47 bits per heavy atom. The van der Waals surface area contributed by atoms with Gasteiger partial charge in [0.25, 0.3) is 0 Å². The molecule has 4 heteroatoms. The average Bonchev–Trinajstić information content (AvgIpc) is 3.20. The van der Waals surface area contributed by atoms with Crippen molar-refractivity contribution in [1.82, 2.24) is 4.90 Å². The summed E-state index contributed by atoms with van der Waals surface area (Å²) in [6, 6.07) is 12.8. The Labute approximate surface area is 223 Å².